The Bertz CT molecular complexity index is 388. The molecule has 0 atom stereocenters. The molecule has 183 valence electrons. The van der Waals surface area contributed by atoms with Gasteiger partial charge < -0.3 is 17.2 Å². The third-order valence-corrected chi connectivity index (χ3v) is 4.97. The Hall–Kier alpha value is 0.0130. The van der Waals surface area contributed by atoms with Crippen molar-refractivity contribution in [3.63, 3.8) is 0 Å². The summed E-state index contributed by atoms with van der Waals surface area (Å²) in [4.78, 5) is 0. The van der Waals surface area contributed by atoms with E-state index in [-0.39, 0.29) is 44.0 Å². The van der Waals surface area contributed by atoms with Crippen LogP contribution in [0, 0.1) is 0 Å². The summed E-state index contributed by atoms with van der Waals surface area (Å²) in [5.74, 6) is 0. The summed E-state index contributed by atoms with van der Waals surface area (Å²) in [5.41, 5.74) is 19.8. The molecule has 0 aliphatic rings. The van der Waals surface area contributed by atoms with Gasteiger partial charge >= 0.3 is 94.7 Å². The van der Waals surface area contributed by atoms with Gasteiger partial charge in [0.2, 0.25) is 0 Å². The average molecular weight is 698 g/mol. The van der Waals surface area contributed by atoms with E-state index >= 15 is 0 Å². The molecule has 0 aromatic heterocycles. The normalized spacial score (nSPS) is 11.2. The van der Waals surface area contributed by atoms with Crippen molar-refractivity contribution >= 4 is 14.3 Å². The van der Waals surface area contributed by atoms with Gasteiger partial charge in [-0.2, -0.15) is 18.2 Å². The van der Waals surface area contributed by atoms with Gasteiger partial charge in [-0.1, -0.05) is 41.5 Å². The van der Waals surface area contributed by atoms with Gasteiger partial charge in [0.1, 0.15) is 0 Å². The molecule has 1 aromatic rings. The van der Waals surface area contributed by atoms with E-state index in [0.29, 0.717) is 0 Å². The fourth-order valence-corrected chi connectivity index (χ4v) is 2.83. The Morgan fingerprint density at radius 2 is 0.742 bits per heavy atom. The second-order valence-corrected chi connectivity index (χ2v) is 11.4. The maximum atomic E-state index is 11.3. The summed E-state index contributed by atoms with van der Waals surface area (Å²) in [7, 11) is 0. The molecule has 0 saturated carbocycles. The first-order valence-corrected chi connectivity index (χ1v) is 11.6. The van der Waals surface area contributed by atoms with Crippen molar-refractivity contribution < 1.29 is 65.4 Å². The molecule has 0 spiro atoms. The molecule has 1 rings (SSSR count). The third-order valence-electron chi connectivity index (χ3n) is 1.41. The Morgan fingerprint density at radius 1 is 0.581 bits per heavy atom. The van der Waals surface area contributed by atoms with Crippen LogP contribution in [0.2, 0.25) is 0 Å². The van der Waals surface area contributed by atoms with Crippen molar-refractivity contribution in [2.75, 3.05) is 0 Å². The minimum absolute atomic E-state index is 0. The van der Waals surface area contributed by atoms with Crippen molar-refractivity contribution in [1.29, 1.82) is 0 Å². The second-order valence-electron chi connectivity index (χ2n) is 6.29. The van der Waals surface area contributed by atoms with Crippen LogP contribution in [0.4, 0.5) is 39.5 Å². The van der Waals surface area contributed by atoms with Crippen molar-refractivity contribution in [2.24, 2.45) is 0 Å². The van der Waals surface area contributed by atoms with Gasteiger partial charge in [-0.15, -0.1) is 18.1 Å². The molecule has 0 unspecified atom stereocenters. The van der Waals surface area contributed by atoms with Gasteiger partial charge in [0.15, 0.2) is 0 Å². The molecule has 0 saturated heterocycles. The Labute approximate surface area is 201 Å². The van der Waals surface area contributed by atoms with E-state index in [1.54, 1.807) is 0 Å². The summed E-state index contributed by atoms with van der Waals surface area (Å²) < 4.78 is 102. The summed E-state index contributed by atoms with van der Waals surface area (Å²) in [6.07, 6.45) is 0. The molecule has 0 amide bonds. The number of halogens is 9. The van der Waals surface area contributed by atoms with Crippen molar-refractivity contribution in [1.82, 2.24) is 0 Å². The summed E-state index contributed by atoms with van der Waals surface area (Å²) in [6, 6.07) is 10.2. The molecule has 14 heteroatoms. The van der Waals surface area contributed by atoms with Crippen LogP contribution in [0.3, 0.4) is 0 Å². The van der Waals surface area contributed by atoms with Crippen LogP contribution in [0.1, 0.15) is 41.5 Å². The van der Waals surface area contributed by atoms with Crippen LogP contribution in [-0.2, 0) is 25.8 Å². The number of rotatable bonds is 0. The van der Waals surface area contributed by atoms with Gasteiger partial charge in [0.25, 0.3) is 0 Å². The minimum atomic E-state index is -7.10. The zero-order valence-electron chi connectivity index (χ0n) is 18.0. The van der Waals surface area contributed by atoms with E-state index in [4.69, 9.17) is 17.2 Å². The molecule has 0 heterocycles. The first-order valence-electron chi connectivity index (χ1n) is 8.45. The molecular weight excluding hydrogens is 668 g/mol. The summed E-state index contributed by atoms with van der Waals surface area (Å²) in [5, 5.41) is -18.6. The van der Waals surface area contributed by atoms with Crippen LogP contribution >= 0.6 is 0 Å². The number of hydrogen-bond donors (Lipinski definition) is 0. The van der Waals surface area contributed by atoms with Crippen LogP contribution < -0.4 is 0 Å². The Morgan fingerprint density at radius 3 is 0.774 bits per heavy atom. The molecule has 1 aromatic carbocycles. The maximum absolute atomic E-state index is 11.3. The molecule has 0 fully saturated rings. The smallest absolute Gasteiger partial charge is 0.214 e. The Balaban J connectivity index is -0.000000103. The predicted octanol–water partition coefficient (Wildman–Crippen LogP) is 8.53. The van der Waals surface area contributed by atoms with Gasteiger partial charge in [0, 0.05) is 0 Å². The number of hydrogen-bond acceptors (Lipinski definition) is 0. The molecule has 1 radical (unpaired) electrons. The van der Waals surface area contributed by atoms with Gasteiger partial charge in [-0.25, -0.2) is 12.1 Å². The van der Waals surface area contributed by atoms with E-state index in [1.807, 2.05) is 71.9 Å². The first kappa shape index (κ1) is 41.3. The second kappa shape index (κ2) is 20.6. The first-order chi connectivity index (χ1) is 13.1. The largest absolute Gasteiger partial charge is 4.00 e. The van der Waals surface area contributed by atoms with E-state index in [9.17, 15) is 39.5 Å². The maximum Gasteiger partial charge on any atom is 4.00 e. The van der Waals surface area contributed by atoms with Crippen molar-refractivity contribution in [3.05, 3.63) is 47.5 Å². The summed E-state index contributed by atoms with van der Waals surface area (Å²) >= 11 is -7.10. The minimum Gasteiger partial charge on any atom is -0.214 e. The number of alkyl halides is 9. The van der Waals surface area contributed by atoms with Crippen LogP contribution in [0.25, 0.3) is 17.2 Å². The van der Waals surface area contributed by atoms with E-state index < -0.39 is 29.4 Å². The molecular formula is C17H29F9GeHfN3. The predicted molar refractivity (Wildman–Crippen MR) is 104 cm³/mol. The van der Waals surface area contributed by atoms with E-state index in [0.717, 1.165) is 0 Å². The van der Waals surface area contributed by atoms with Crippen LogP contribution in [-0.4, -0.2) is 47.5 Å². The molecule has 3 N–H and O–H groups in total. The standard InChI is InChI=1S/C5H5.C3F9Ge.3C3H8N.Hf/c1-2-4-5-3-1;4-1(5,6)13(2(7,8)9)3(10,11)12;3*1-3(2)4;/h1-5H;;3*3-4H,1-2H3;/q-1;;3*-1;+4. The van der Waals surface area contributed by atoms with Gasteiger partial charge in [-0.3, -0.25) is 0 Å². The number of nitrogens with one attached hydrogen (secondary N) is 3. The average Bonchev–Trinajstić information content (AvgIpc) is 2.87. The van der Waals surface area contributed by atoms with E-state index in [1.165, 1.54) is 0 Å². The molecule has 0 bridgehead atoms. The third kappa shape index (κ3) is 44.5. The van der Waals surface area contributed by atoms with Crippen molar-refractivity contribution in [2.45, 2.75) is 74.7 Å². The quantitative estimate of drug-likeness (QED) is 0.148. The molecule has 3 nitrogen and oxygen atoms in total. The van der Waals surface area contributed by atoms with Crippen LogP contribution in [0.5, 0.6) is 0 Å². The van der Waals surface area contributed by atoms with E-state index in [2.05, 4.69) is 0 Å². The van der Waals surface area contributed by atoms with Crippen molar-refractivity contribution in [3.8, 4) is 0 Å². The Kier molecular flexibility index (Phi) is 27.4. The molecule has 31 heavy (non-hydrogen) atoms. The topological polar surface area (TPSA) is 71.4 Å². The fourth-order valence-electron chi connectivity index (χ4n) is 0.803. The van der Waals surface area contributed by atoms with Gasteiger partial charge in [0.05, 0.1) is 0 Å². The molecule has 0 aliphatic heterocycles. The van der Waals surface area contributed by atoms with Gasteiger partial charge in [-0.05, 0) is 0 Å². The molecule has 0 aliphatic carbocycles. The SMILES string of the molecule is CC(C)[NH-].CC(C)[NH-].CC(C)[NH-].F[C](F)(F)[Ge]([C](F)(F)F)[C](F)(F)F.[Hf+4].c1cc[cH-]c1. The fraction of sp³-hybridized carbons (Fsp3) is 0.706. The zero-order valence-corrected chi connectivity index (χ0v) is 23.7. The van der Waals surface area contributed by atoms with Crippen LogP contribution in [0.15, 0.2) is 30.3 Å². The monoisotopic (exact) mass is 700 g/mol. The summed E-state index contributed by atoms with van der Waals surface area (Å²) in [6.45, 7) is 11.0. The zero-order chi connectivity index (χ0) is 25.3.